The molecule has 1 aliphatic heterocycles. The van der Waals surface area contributed by atoms with E-state index >= 15 is 0 Å². The maximum Gasteiger partial charge on any atom is 0.173 e. The van der Waals surface area contributed by atoms with Gasteiger partial charge in [-0.05, 0) is 52.6 Å². The van der Waals surface area contributed by atoms with Gasteiger partial charge in [-0.15, -0.1) is 5.10 Å². The number of nitrogens with zero attached hydrogens (tertiary/aromatic N) is 6. The second kappa shape index (κ2) is 9.34. The first-order valence-electron chi connectivity index (χ1n) is 10.7. The predicted octanol–water partition coefficient (Wildman–Crippen LogP) is 3.77. The molecule has 30 heavy (non-hydrogen) atoms. The minimum atomic E-state index is -0.231. The molecule has 158 valence electrons. The molecule has 1 aliphatic rings. The molecule has 0 bridgehead atoms. The Kier molecular flexibility index (Phi) is 6.38. The van der Waals surface area contributed by atoms with Gasteiger partial charge >= 0.3 is 0 Å². The molecule has 0 radical (unpaired) electrons. The summed E-state index contributed by atoms with van der Waals surface area (Å²) in [6, 6.07) is 17.1. The molecule has 0 unspecified atom stereocenters. The molecule has 0 aliphatic carbocycles. The lowest BCUT2D eigenvalue weighted by Gasteiger charge is -2.40. The van der Waals surface area contributed by atoms with E-state index in [9.17, 15) is 4.39 Å². The van der Waals surface area contributed by atoms with Crippen LogP contribution < -0.4 is 4.90 Å². The largest absolute Gasteiger partial charge is 0.369 e. The van der Waals surface area contributed by atoms with Crippen LogP contribution in [0.5, 0.6) is 0 Å². The van der Waals surface area contributed by atoms with Gasteiger partial charge < -0.3 is 4.90 Å². The fourth-order valence-electron chi connectivity index (χ4n) is 3.99. The summed E-state index contributed by atoms with van der Waals surface area (Å²) in [4.78, 5) is 4.81. The number of anilines is 1. The molecular formula is C23H29FN6. The van der Waals surface area contributed by atoms with Crippen molar-refractivity contribution in [2.24, 2.45) is 5.92 Å². The van der Waals surface area contributed by atoms with Crippen molar-refractivity contribution >= 4 is 5.69 Å². The molecule has 1 aromatic heterocycles. The Labute approximate surface area is 177 Å². The van der Waals surface area contributed by atoms with Crippen LogP contribution in [-0.4, -0.2) is 51.3 Å². The summed E-state index contributed by atoms with van der Waals surface area (Å²) in [5.74, 6) is 1.17. The Hall–Kier alpha value is -2.80. The summed E-state index contributed by atoms with van der Waals surface area (Å²) < 4.78 is 15.5. The number of rotatable bonds is 7. The van der Waals surface area contributed by atoms with Gasteiger partial charge in [0.05, 0.1) is 6.04 Å². The SMILES string of the molecule is CC(C)CCn1nnnc1[C@H](c1ccc(F)cc1)N1CCN(c2ccccc2)CC1. The van der Waals surface area contributed by atoms with Crippen molar-refractivity contribution in [3.8, 4) is 0 Å². The summed E-state index contributed by atoms with van der Waals surface area (Å²) in [6.07, 6.45) is 1.01. The van der Waals surface area contributed by atoms with E-state index in [0.717, 1.165) is 50.5 Å². The lowest BCUT2D eigenvalue weighted by Crippen LogP contribution is -2.48. The molecule has 0 N–H and O–H groups in total. The number of aryl methyl sites for hydroxylation is 1. The smallest absolute Gasteiger partial charge is 0.173 e. The molecular weight excluding hydrogens is 379 g/mol. The zero-order valence-electron chi connectivity index (χ0n) is 17.7. The van der Waals surface area contributed by atoms with E-state index in [1.165, 1.54) is 17.8 Å². The van der Waals surface area contributed by atoms with E-state index < -0.39 is 0 Å². The average molecular weight is 409 g/mol. The molecule has 0 spiro atoms. The lowest BCUT2D eigenvalue weighted by atomic mass is 10.0. The van der Waals surface area contributed by atoms with Crippen molar-refractivity contribution in [3.05, 3.63) is 71.8 Å². The fraction of sp³-hybridized carbons (Fsp3) is 0.435. The molecule has 3 aromatic rings. The Morgan fingerprint density at radius 2 is 1.63 bits per heavy atom. The summed E-state index contributed by atoms with van der Waals surface area (Å²) in [7, 11) is 0. The number of piperazine rings is 1. The molecule has 0 amide bonds. The first-order valence-corrected chi connectivity index (χ1v) is 10.7. The highest BCUT2D eigenvalue weighted by Gasteiger charge is 2.30. The second-order valence-corrected chi connectivity index (χ2v) is 8.26. The van der Waals surface area contributed by atoms with Crippen LogP contribution in [0.2, 0.25) is 0 Å². The van der Waals surface area contributed by atoms with Crippen LogP contribution in [0.3, 0.4) is 0 Å². The molecule has 1 fully saturated rings. The van der Waals surface area contributed by atoms with Crippen LogP contribution in [0.1, 0.15) is 37.7 Å². The van der Waals surface area contributed by atoms with Crippen LogP contribution in [0.4, 0.5) is 10.1 Å². The van der Waals surface area contributed by atoms with Crippen LogP contribution in [0.15, 0.2) is 54.6 Å². The molecule has 1 saturated heterocycles. The van der Waals surface area contributed by atoms with Gasteiger partial charge in [-0.2, -0.15) is 0 Å². The first-order chi connectivity index (χ1) is 14.6. The minimum Gasteiger partial charge on any atom is -0.369 e. The van der Waals surface area contributed by atoms with E-state index in [1.807, 2.05) is 22.9 Å². The topological polar surface area (TPSA) is 50.1 Å². The summed E-state index contributed by atoms with van der Waals surface area (Å²) in [6.45, 7) is 8.79. The monoisotopic (exact) mass is 408 g/mol. The normalized spacial score (nSPS) is 16.2. The Balaban J connectivity index is 1.58. The zero-order chi connectivity index (χ0) is 20.9. The number of hydrogen-bond donors (Lipinski definition) is 0. The minimum absolute atomic E-state index is 0.0920. The van der Waals surface area contributed by atoms with Gasteiger partial charge in [-0.25, -0.2) is 9.07 Å². The highest BCUT2D eigenvalue weighted by Crippen LogP contribution is 2.29. The summed E-state index contributed by atoms with van der Waals surface area (Å²) in [5, 5.41) is 12.6. The van der Waals surface area contributed by atoms with E-state index in [4.69, 9.17) is 0 Å². The molecule has 2 aromatic carbocycles. The van der Waals surface area contributed by atoms with Gasteiger partial charge in [0.2, 0.25) is 0 Å². The number of aromatic nitrogens is 4. The van der Waals surface area contributed by atoms with Crippen LogP contribution in [0, 0.1) is 11.7 Å². The van der Waals surface area contributed by atoms with Gasteiger partial charge in [0, 0.05) is 38.4 Å². The summed E-state index contributed by atoms with van der Waals surface area (Å²) in [5.41, 5.74) is 2.27. The van der Waals surface area contributed by atoms with Crippen LogP contribution in [-0.2, 0) is 6.54 Å². The van der Waals surface area contributed by atoms with Crippen LogP contribution >= 0.6 is 0 Å². The third kappa shape index (κ3) is 4.67. The van der Waals surface area contributed by atoms with Gasteiger partial charge in [0.25, 0.3) is 0 Å². The van der Waals surface area contributed by atoms with Crippen molar-refractivity contribution in [1.82, 2.24) is 25.1 Å². The number of hydrogen-bond acceptors (Lipinski definition) is 5. The van der Waals surface area contributed by atoms with Crippen molar-refractivity contribution in [3.63, 3.8) is 0 Å². The number of para-hydroxylation sites is 1. The molecule has 7 heteroatoms. The standard InChI is InChI=1S/C23H29FN6/c1-18(2)12-13-30-23(25-26-27-30)22(19-8-10-20(24)11-9-19)29-16-14-28(15-17-29)21-6-4-3-5-7-21/h3-11,18,22H,12-17H2,1-2H3/t22-/m0/s1. The molecule has 1 atom stereocenters. The second-order valence-electron chi connectivity index (χ2n) is 8.26. The predicted molar refractivity (Wildman–Crippen MR) is 116 cm³/mol. The zero-order valence-corrected chi connectivity index (χ0v) is 17.7. The maximum absolute atomic E-state index is 13.6. The van der Waals surface area contributed by atoms with Crippen molar-refractivity contribution in [2.45, 2.75) is 32.9 Å². The number of tetrazole rings is 1. The first kappa shape index (κ1) is 20.5. The average Bonchev–Trinajstić information content (AvgIpc) is 3.23. The van der Waals surface area contributed by atoms with Crippen molar-refractivity contribution in [1.29, 1.82) is 0 Å². The van der Waals surface area contributed by atoms with Gasteiger partial charge in [-0.3, -0.25) is 4.90 Å². The van der Waals surface area contributed by atoms with Crippen LogP contribution in [0.25, 0.3) is 0 Å². The van der Waals surface area contributed by atoms with E-state index in [0.29, 0.717) is 5.92 Å². The quantitative estimate of drug-likeness (QED) is 0.596. The Morgan fingerprint density at radius 1 is 0.933 bits per heavy atom. The molecule has 6 nitrogen and oxygen atoms in total. The van der Waals surface area contributed by atoms with E-state index in [2.05, 4.69) is 63.4 Å². The Morgan fingerprint density at radius 3 is 2.30 bits per heavy atom. The molecule has 0 saturated carbocycles. The highest BCUT2D eigenvalue weighted by molar-refractivity contribution is 5.46. The van der Waals surface area contributed by atoms with Gasteiger partial charge in [-0.1, -0.05) is 44.2 Å². The van der Waals surface area contributed by atoms with E-state index in [1.54, 1.807) is 0 Å². The van der Waals surface area contributed by atoms with Gasteiger partial charge in [0.15, 0.2) is 5.82 Å². The highest BCUT2D eigenvalue weighted by atomic mass is 19.1. The molecule has 4 rings (SSSR count). The fourth-order valence-corrected chi connectivity index (χ4v) is 3.99. The van der Waals surface area contributed by atoms with Gasteiger partial charge in [0.1, 0.15) is 5.82 Å². The number of benzene rings is 2. The third-order valence-electron chi connectivity index (χ3n) is 5.71. The van der Waals surface area contributed by atoms with E-state index in [-0.39, 0.29) is 11.9 Å². The molecule has 2 heterocycles. The van der Waals surface area contributed by atoms with Crippen molar-refractivity contribution < 1.29 is 4.39 Å². The lowest BCUT2D eigenvalue weighted by molar-refractivity contribution is 0.200. The maximum atomic E-state index is 13.6. The summed E-state index contributed by atoms with van der Waals surface area (Å²) >= 11 is 0. The Bertz CT molecular complexity index is 916. The van der Waals surface area contributed by atoms with Crippen molar-refractivity contribution in [2.75, 3.05) is 31.1 Å². The third-order valence-corrected chi connectivity index (χ3v) is 5.71. The number of halogens is 1.